The first-order chi connectivity index (χ1) is 16.9. The molecule has 0 saturated heterocycles. The van der Waals surface area contributed by atoms with Gasteiger partial charge in [-0.05, 0) is 12.8 Å². The molecule has 0 saturated carbocycles. The molecule has 3 rings (SSSR count). The number of rotatable bonds is 10. The van der Waals surface area contributed by atoms with Crippen LogP contribution < -0.4 is 14.4 Å². The highest BCUT2D eigenvalue weighted by Gasteiger charge is 2.24. The summed E-state index contributed by atoms with van der Waals surface area (Å²) in [5.74, 6) is -1.41. The lowest BCUT2D eigenvalue weighted by Crippen LogP contribution is -2.34. The van der Waals surface area contributed by atoms with Crippen molar-refractivity contribution in [1.29, 1.82) is 0 Å². The standard InChI is InChI=1S/C24H30F2N6O3/c1-6-16-24(29-17(13-27-16)15-12-28-31(3)14-15)32(9-8-10-33)20(7-2)30-23-21(25)18(34-4)11-19(35-5)22(23)26/h11-14,33H,6-10H2,1-5H3/b30-20+. The second-order valence-corrected chi connectivity index (χ2v) is 7.65. The van der Waals surface area contributed by atoms with Gasteiger partial charge in [-0.15, -0.1) is 0 Å². The van der Waals surface area contributed by atoms with E-state index >= 15 is 8.78 Å². The Hall–Kier alpha value is -3.60. The Morgan fingerprint density at radius 1 is 1.14 bits per heavy atom. The first-order valence-corrected chi connectivity index (χ1v) is 11.3. The molecule has 1 aromatic carbocycles. The van der Waals surface area contributed by atoms with Crippen molar-refractivity contribution < 1.29 is 23.4 Å². The fraction of sp³-hybridized carbons (Fsp3) is 0.417. The van der Waals surface area contributed by atoms with Crippen LogP contribution in [0, 0.1) is 11.6 Å². The number of hydrogen-bond acceptors (Lipinski definition) is 7. The van der Waals surface area contributed by atoms with Crippen LogP contribution in [0.25, 0.3) is 11.3 Å². The first kappa shape index (κ1) is 26.0. The predicted octanol–water partition coefficient (Wildman–Crippen LogP) is 4.06. The van der Waals surface area contributed by atoms with Gasteiger partial charge in [0.15, 0.2) is 29.0 Å². The number of aliphatic hydroxyl groups excluding tert-OH is 1. The SMILES string of the molecule is CC/C(=N\c1c(F)c(OC)cc(OC)c1F)N(CCCO)c1nc(-c2cnn(C)c2)cnc1CC. The van der Waals surface area contributed by atoms with Crippen LogP contribution in [0.5, 0.6) is 11.5 Å². The lowest BCUT2D eigenvalue weighted by atomic mass is 10.2. The molecule has 0 fully saturated rings. The van der Waals surface area contributed by atoms with Crippen LogP contribution in [-0.2, 0) is 13.5 Å². The minimum atomic E-state index is -0.940. The number of aryl methyl sites for hydroxylation is 2. The van der Waals surface area contributed by atoms with Crippen molar-refractivity contribution in [2.75, 3.05) is 32.3 Å². The zero-order chi connectivity index (χ0) is 25.5. The summed E-state index contributed by atoms with van der Waals surface area (Å²) in [6, 6.07) is 1.14. The number of aliphatic hydroxyl groups is 1. The summed E-state index contributed by atoms with van der Waals surface area (Å²) in [6.07, 6.45) is 6.44. The van der Waals surface area contributed by atoms with E-state index in [4.69, 9.17) is 14.5 Å². The molecule has 0 unspecified atom stereocenters. The van der Waals surface area contributed by atoms with Gasteiger partial charge in [-0.25, -0.2) is 18.8 Å². The van der Waals surface area contributed by atoms with Crippen molar-refractivity contribution in [3.8, 4) is 22.8 Å². The number of amidine groups is 1. The van der Waals surface area contributed by atoms with Crippen LogP contribution in [0.1, 0.15) is 32.4 Å². The molecule has 9 nitrogen and oxygen atoms in total. The Kier molecular flexibility index (Phi) is 8.69. The molecular weight excluding hydrogens is 458 g/mol. The van der Waals surface area contributed by atoms with E-state index in [1.165, 1.54) is 14.2 Å². The normalized spacial score (nSPS) is 11.6. The van der Waals surface area contributed by atoms with E-state index in [0.717, 1.165) is 11.6 Å². The number of nitrogens with zero attached hydrogens (tertiary/aromatic N) is 6. The number of aromatic nitrogens is 4. The number of ether oxygens (including phenoxy) is 2. The van der Waals surface area contributed by atoms with Crippen LogP contribution in [0.2, 0.25) is 0 Å². The predicted molar refractivity (Wildman–Crippen MR) is 130 cm³/mol. The zero-order valence-electron chi connectivity index (χ0n) is 20.5. The highest BCUT2D eigenvalue weighted by molar-refractivity contribution is 5.99. The summed E-state index contributed by atoms with van der Waals surface area (Å²) in [7, 11) is 4.37. The second kappa shape index (κ2) is 11.7. The smallest absolute Gasteiger partial charge is 0.193 e. The van der Waals surface area contributed by atoms with E-state index in [-0.39, 0.29) is 18.1 Å². The lowest BCUT2D eigenvalue weighted by Gasteiger charge is -2.27. The van der Waals surface area contributed by atoms with Gasteiger partial charge < -0.3 is 19.5 Å². The minimum Gasteiger partial charge on any atom is -0.493 e. The van der Waals surface area contributed by atoms with Gasteiger partial charge in [0.2, 0.25) is 0 Å². The van der Waals surface area contributed by atoms with Crippen molar-refractivity contribution in [3.63, 3.8) is 0 Å². The summed E-state index contributed by atoms with van der Waals surface area (Å²) in [5, 5.41) is 13.7. The molecule has 11 heteroatoms. The number of aliphatic imine (C=N–C) groups is 1. The largest absolute Gasteiger partial charge is 0.493 e. The number of methoxy groups -OCH3 is 2. The van der Waals surface area contributed by atoms with E-state index in [0.29, 0.717) is 48.8 Å². The number of anilines is 1. The molecule has 0 radical (unpaired) electrons. The van der Waals surface area contributed by atoms with Crippen molar-refractivity contribution in [2.24, 2.45) is 12.0 Å². The lowest BCUT2D eigenvalue weighted by molar-refractivity contribution is 0.291. The number of benzene rings is 1. The molecule has 0 aliphatic carbocycles. The first-order valence-electron chi connectivity index (χ1n) is 11.3. The van der Waals surface area contributed by atoms with Gasteiger partial charge in [-0.2, -0.15) is 5.10 Å². The van der Waals surface area contributed by atoms with Crippen LogP contribution >= 0.6 is 0 Å². The van der Waals surface area contributed by atoms with Gasteiger partial charge in [0.25, 0.3) is 0 Å². The van der Waals surface area contributed by atoms with Crippen LogP contribution in [0.3, 0.4) is 0 Å². The average molecular weight is 489 g/mol. The summed E-state index contributed by atoms with van der Waals surface area (Å²) in [6.45, 7) is 3.99. The zero-order valence-corrected chi connectivity index (χ0v) is 20.5. The molecule has 1 N–H and O–H groups in total. The number of hydrogen-bond donors (Lipinski definition) is 1. The highest BCUT2D eigenvalue weighted by Crippen LogP contribution is 2.37. The Bertz CT molecular complexity index is 1170. The third kappa shape index (κ3) is 5.56. The molecular formula is C24H30F2N6O3. The molecule has 0 bridgehead atoms. The van der Waals surface area contributed by atoms with E-state index in [9.17, 15) is 5.11 Å². The number of halogens is 2. The van der Waals surface area contributed by atoms with Gasteiger partial charge in [0.1, 0.15) is 11.5 Å². The third-order valence-electron chi connectivity index (χ3n) is 5.38. The Morgan fingerprint density at radius 3 is 2.34 bits per heavy atom. The molecule has 0 aliphatic heterocycles. The Labute approximate surface area is 203 Å². The highest BCUT2D eigenvalue weighted by atomic mass is 19.1. The molecule has 2 heterocycles. The molecule has 0 amide bonds. The van der Waals surface area contributed by atoms with Crippen molar-refractivity contribution in [3.05, 3.63) is 42.0 Å². The maximum Gasteiger partial charge on any atom is 0.193 e. The monoisotopic (exact) mass is 488 g/mol. The van der Waals surface area contributed by atoms with E-state index in [1.54, 1.807) is 29.0 Å². The van der Waals surface area contributed by atoms with E-state index in [1.807, 2.05) is 20.0 Å². The summed E-state index contributed by atoms with van der Waals surface area (Å²) >= 11 is 0. The van der Waals surface area contributed by atoms with Crippen molar-refractivity contribution in [2.45, 2.75) is 33.1 Å². The molecule has 188 valence electrons. The maximum atomic E-state index is 15.1. The Balaban J connectivity index is 2.20. The van der Waals surface area contributed by atoms with Gasteiger partial charge in [-0.1, -0.05) is 13.8 Å². The van der Waals surface area contributed by atoms with Gasteiger partial charge in [0.05, 0.1) is 38.0 Å². The maximum absolute atomic E-state index is 15.1. The van der Waals surface area contributed by atoms with Gasteiger partial charge in [-0.3, -0.25) is 9.67 Å². The van der Waals surface area contributed by atoms with Crippen LogP contribution in [-0.4, -0.2) is 58.1 Å². The molecule has 35 heavy (non-hydrogen) atoms. The van der Waals surface area contributed by atoms with Crippen molar-refractivity contribution in [1.82, 2.24) is 19.7 Å². The molecule has 0 spiro atoms. The van der Waals surface area contributed by atoms with Gasteiger partial charge >= 0.3 is 0 Å². The fourth-order valence-electron chi connectivity index (χ4n) is 3.58. The molecule has 0 aliphatic rings. The van der Waals surface area contributed by atoms with Crippen molar-refractivity contribution >= 4 is 17.3 Å². The second-order valence-electron chi connectivity index (χ2n) is 7.65. The Morgan fingerprint density at radius 2 is 1.83 bits per heavy atom. The topological polar surface area (TPSA) is 97.9 Å². The minimum absolute atomic E-state index is 0.0830. The van der Waals surface area contributed by atoms with E-state index < -0.39 is 17.3 Å². The van der Waals surface area contributed by atoms with E-state index in [2.05, 4.69) is 15.1 Å². The molecule has 0 atom stereocenters. The molecule has 2 aromatic heterocycles. The summed E-state index contributed by atoms with van der Waals surface area (Å²) < 4.78 is 41.9. The fourth-order valence-corrected chi connectivity index (χ4v) is 3.58. The third-order valence-corrected chi connectivity index (χ3v) is 5.38. The molecule has 3 aromatic rings. The quantitative estimate of drug-likeness (QED) is 0.339. The average Bonchev–Trinajstić information content (AvgIpc) is 3.31. The van der Waals surface area contributed by atoms with Gasteiger partial charge in [0, 0.05) is 44.4 Å². The van der Waals surface area contributed by atoms with Crippen LogP contribution in [0.4, 0.5) is 20.3 Å². The summed E-state index contributed by atoms with van der Waals surface area (Å²) in [4.78, 5) is 15.5. The summed E-state index contributed by atoms with van der Waals surface area (Å²) in [5.41, 5.74) is 1.52. The van der Waals surface area contributed by atoms with Crippen LogP contribution in [0.15, 0.2) is 29.6 Å².